The van der Waals surface area contributed by atoms with Gasteiger partial charge in [0.25, 0.3) is 0 Å². The second kappa shape index (κ2) is 7.21. The fraction of sp³-hybridized carbons (Fsp3) is 0.211. The quantitative estimate of drug-likeness (QED) is 0.405. The number of phenolic OH excluding ortho intramolecular Hbond substituents is 1. The Bertz CT molecular complexity index is 1160. The number of rotatable bonds is 5. The van der Waals surface area contributed by atoms with Gasteiger partial charge in [-0.25, -0.2) is 4.79 Å². The Morgan fingerprint density at radius 2 is 2.15 bits per heavy atom. The molecule has 4 rings (SSSR count). The first-order chi connectivity index (χ1) is 13.0. The van der Waals surface area contributed by atoms with E-state index in [4.69, 9.17) is 4.42 Å². The van der Waals surface area contributed by atoms with Gasteiger partial charge in [0, 0.05) is 41.1 Å². The van der Waals surface area contributed by atoms with E-state index in [1.165, 1.54) is 22.7 Å². The summed E-state index contributed by atoms with van der Waals surface area (Å²) < 4.78 is 7.28. The molecule has 0 atom stereocenters. The number of benzene rings is 1. The van der Waals surface area contributed by atoms with Gasteiger partial charge in [-0.1, -0.05) is 17.8 Å². The molecule has 0 bridgehead atoms. The minimum atomic E-state index is -0.428. The predicted octanol–water partition coefficient (Wildman–Crippen LogP) is 3.88. The van der Waals surface area contributed by atoms with Crippen LogP contribution in [0.4, 0.5) is 0 Å². The van der Waals surface area contributed by atoms with Gasteiger partial charge in [-0.2, -0.15) is 0 Å². The van der Waals surface area contributed by atoms with Crippen LogP contribution in [0.3, 0.4) is 0 Å². The largest absolute Gasteiger partial charge is 0.508 e. The summed E-state index contributed by atoms with van der Waals surface area (Å²) in [6.45, 7) is 1.73. The number of aromatic hydroxyl groups is 1. The minimum absolute atomic E-state index is 0.113. The van der Waals surface area contributed by atoms with Crippen molar-refractivity contribution in [1.29, 1.82) is 0 Å². The number of hydrogen-bond donors (Lipinski definition) is 1. The maximum Gasteiger partial charge on any atom is 0.336 e. The van der Waals surface area contributed by atoms with Crippen molar-refractivity contribution < 1.29 is 9.52 Å². The maximum atomic E-state index is 11.9. The lowest BCUT2D eigenvalue weighted by atomic mass is 10.1. The molecule has 0 aliphatic carbocycles. The molecule has 6 nitrogen and oxygen atoms in total. The third-order valence-electron chi connectivity index (χ3n) is 4.41. The fourth-order valence-electron chi connectivity index (χ4n) is 2.87. The highest BCUT2D eigenvalue weighted by molar-refractivity contribution is 7.98. The summed E-state index contributed by atoms with van der Waals surface area (Å²) >= 11 is 3.21. The predicted molar refractivity (Wildman–Crippen MR) is 107 cm³/mol. The van der Waals surface area contributed by atoms with Crippen LogP contribution in [-0.4, -0.2) is 19.9 Å². The van der Waals surface area contributed by atoms with E-state index in [1.807, 2.05) is 23.1 Å². The van der Waals surface area contributed by atoms with Gasteiger partial charge in [-0.05, 0) is 36.1 Å². The SMILES string of the molecule is Cc1c(O)ccc2c(CSc3nnc(Cc4cccs4)n3C)cc(=O)oc12. The lowest BCUT2D eigenvalue weighted by Gasteiger charge is -2.08. The van der Waals surface area contributed by atoms with Crippen LogP contribution in [0.5, 0.6) is 5.75 Å². The smallest absolute Gasteiger partial charge is 0.336 e. The van der Waals surface area contributed by atoms with Crippen LogP contribution in [0, 0.1) is 6.92 Å². The Hall–Kier alpha value is -2.58. The molecule has 0 saturated heterocycles. The first-order valence-electron chi connectivity index (χ1n) is 8.31. The molecular formula is C19H17N3O3S2. The maximum absolute atomic E-state index is 11.9. The second-order valence-electron chi connectivity index (χ2n) is 6.18. The van der Waals surface area contributed by atoms with Crippen LogP contribution < -0.4 is 5.63 Å². The van der Waals surface area contributed by atoms with Gasteiger partial charge in [-0.3, -0.25) is 0 Å². The number of aromatic nitrogens is 3. The lowest BCUT2D eigenvalue weighted by molar-refractivity contribution is 0.468. The molecule has 0 aliphatic heterocycles. The molecule has 4 aromatic rings. The molecule has 0 unspecified atom stereocenters. The van der Waals surface area contributed by atoms with Crippen LogP contribution >= 0.6 is 23.1 Å². The zero-order valence-electron chi connectivity index (χ0n) is 14.8. The van der Waals surface area contributed by atoms with Gasteiger partial charge in [0.2, 0.25) is 0 Å². The van der Waals surface area contributed by atoms with Crippen molar-refractivity contribution in [3.63, 3.8) is 0 Å². The Morgan fingerprint density at radius 3 is 2.93 bits per heavy atom. The van der Waals surface area contributed by atoms with Crippen molar-refractivity contribution in [1.82, 2.24) is 14.8 Å². The number of thioether (sulfide) groups is 1. The summed E-state index contributed by atoms with van der Waals surface area (Å²) in [6.07, 6.45) is 0.748. The molecule has 3 heterocycles. The molecule has 1 N–H and O–H groups in total. The van der Waals surface area contributed by atoms with E-state index in [-0.39, 0.29) is 5.75 Å². The molecule has 3 aromatic heterocycles. The van der Waals surface area contributed by atoms with Crippen molar-refractivity contribution in [3.8, 4) is 5.75 Å². The van der Waals surface area contributed by atoms with Crippen molar-refractivity contribution in [2.45, 2.75) is 24.3 Å². The molecule has 0 amide bonds. The molecular weight excluding hydrogens is 382 g/mol. The number of nitrogens with zero attached hydrogens (tertiary/aromatic N) is 3. The van der Waals surface area contributed by atoms with Crippen molar-refractivity contribution >= 4 is 34.1 Å². The summed E-state index contributed by atoms with van der Waals surface area (Å²) in [6, 6.07) is 8.99. The summed E-state index contributed by atoms with van der Waals surface area (Å²) in [5, 5.41) is 22.1. The minimum Gasteiger partial charge on any atom is -0.508 e. The first-order valence-corrected chi connectivity index (χ1v) is 10.2. The van der Waals surface area contributed by atoms with E-state index in [0.29, 0.717) is 16.9 Å². The molecule has 0 saturated carbocycles. The third-order valence-corrected chi connectivity index (χ3v) is 6.36. The van der Waals surface area contributed by atoms with E-state index in [2.05, 4.69) is 16.3 Å². The van der Waals surface area contributed by atoms with Gasteiger partial charge >= 0.3 is 5.63 Å². The highest BCUT2D eigenvalue weighted by Gasteiger charge is 2.14. The monoisotopic (exact) mass is 399 g/mol. The van der Waals surface area contributed by atoms with Gasteiger partial charge in [0.15, 0.2) is 5.16 Å². The van der Waals surface area contributed by atoms with Crippen LogP contribution in [0.25, 0.3) is 11.0 Å². The summed E-state index contributed by atoms with van der Waals surface area (Å²) in [7, 11) is 1.95. The second-order valence-corrected chi connectivity index (χ2v) is 8.15. The van der Waals surface area contributed by atoms with Gasteiger partial charge in [0.1, 0.15) is 17.2 Å². The zero-order chi connectivity index (χ0) is 19.0. The van der Waals surface area contributed by atoms with Crippen molar-refractivity contribution in [2.75, 3.05) is 0 Å². The number of aryl methyl sites for hydroxylation is 1. The fourth-order valence-corrected chi connectivity index (χ4v) is 4.49. The van der Waals surface area contributed by atoms with E-state index >= 15 is 0 Å². The lowest BCUT2D eigenvalue weighted by Crippen LogP contribution is -2.02. The highest BCUT2D eigenvalue weighted by atomic mass is 32.2. The van der Waals surface area contributed by atoms with Gasteiger partial charge in [0.05, 0.1) is 0 Å². The Kier molecular flexibility index (Phi) is 4.75. The molecule has 27 heavy (non-hydrogen) atoms. The Morgan fingerprint density at radius 1 is 1.30 bits per heavy atom. The number of fused-ring (bicyclic) bond motifs is 1. The molecule has 0 fully saturated rings. The standard InChI is InChI=1S/C19H17N3O3S2/c1-11-15(23)6-5-14-12(8-17(24)25-18(11)14)10-27-19-21-20-16(22(19)2)9-13-4-3-7-26-13/h3-8,23H,9-10H2,1-2H3. The molecule has 138 valence electrons. The third kappa shape index (κ3) is 3.50. The molecule has 0 radical (unpaired) electrons. The number of phenols is 1. The first kappa shape index (κ1) is 17.8. The molecule has 8 heteroatoms. The van der Waals surface area contributed by atoms with Crippen molar-refractivity contribution in [3.05, 3.63) is 68.0 Å². The van der Waals surface area contributed by atoms with Crippen LogP contribution in [0.2, 0.25) is 0 Å². The average Bonchev–Trinajstić information content (AvgIpc) is 3.28. The van der Waals surface area contributed by atoms with Crippen molar-refractivity contribution in [2.24, 2.45) is 7.05 Å². The number of thiophene rings is 1. The molecule has 0 spiro atoms. The number of hydrogen-bond acceptors (Lipinski definition) is 7. The summed E-state index contributed by atoms with van der Waals surface area (Å²) in [5.41, 5.74) is 1.41. The Balaban J connectivity index is 1.60. The normalized spacial score (nSPS) is 11.3. The van der Waals surface area contributed by atoms with E-state index in [0.717, 1.165) is 28.4 Å². The van der Waals surface area contributed by atoms with E-state index in [9.17, 15) is 9.90 Å². The summed E-state index contributed by atoms with van der Waals surface area (Å²) in [4.78, 5) is 13.2. The van der Waals surface area contributed by atoms with Crippen LogP contribution in [0.15, 0.2) is 50.1 Å². The van der Waals surface area contributed by atoms with Gasteiger partial charge < -0.3 is 14.1 Å². The highest BCUT2D eigenvalue weighted by Crippen LogP contribution is 2.30. The van der Waals surface area contributed by atoms with Gasteiger partial charge in [-0.15, -0.1) is 21.5 Å². The Labute approximate surface area is 163 Å². The topological polar surface area (TPSA) is 81.2 Å². The summed E-state index contributed by atoms with van der Waals surface area (Å²) in [5.74, 6) is 1.57. The average molecular weight is 399 g/mol. The van der Waals surface area contributed by atoms with E-state index < -0.39 is 5.63 Å². The van der Waals surface area contributed by atoms with Crippen LogP contribution in [-0.2, 0) is 19.2 Å². The molecule has 0 aliphatic rings. The van der Waals surface area contributed by atoms with Crippen LogP contribution in [0.1, 0.15) is 21.8 Å². The van der Waals surface area contributed by atoms with E-state index in [1.54, 1.807) is 30.4 Å². The molecule has 1 aromatic carbocycles. The zero-order valence-corrected chi connectivity index (χ0v) is 16.4.